The fourth-order valence-electron chi connectivity index (χ4n) is 2.79. The predicted molar refractivity (Wildman–Crippen MR) is 86.2 cm³/mol. The molecule has 0 spiro atoms. The van der Waals surface area contributed by atoms with Gasteiger partial charge in [0.25, 0.3) is 0 Å². The van der Waals surface area contributed by atoms with Gasteiger partial charge in [-0.15, -0.1) is 0 Å². The molecule has 1 amide bonds. The first kappa shape index (κ1) is 19.9. The Kier molecular flexibility index (Phi) is 7.98. The van der Waals surface area contributed by atoms with Gasteiger partial charge in [-0.1, -0.05) is 26.0 Å². The van der Waals surface area contributed by atoms with Crippen molar-refractivity contribution in [2.24, 2.45) is 13.0 Å². The fourth-order valence-corrected chi connectivity index (χ4v) is 2.79. The third kappa shape index (κ3) is 5.46. The molecule has 0 saturated heterocycles. The summed E-state index contributed by atoms with van der Waals surface area (Å²) in [6, 6.07) is 7.99. The summed E-state index contributed by atoms with van der Waals surface area (Å²) in [5.41, 5.74) is 2.27. The zero-order valence-electron chi connectivity index (χ0n) is 14.0. The Morgan fingerprint density at radius 3 is 2.70 bits per heavy atom. The van der Waals surface area contributed by atoms with E-state index in [0.717, 1.165) is 17.5 Å². The van der Waals surface area contributed by atoms with Crippen LogP contribution >= 0.6 is 0 Å². The highest BCUT2D eigenvalue weighted by atomic mass is 127. The van der Waals surface area contributed by atoms with Gasteiger partial charge in [0, 0.05) is 0 Å². The lowest BCUT2D eigenvalue weighted by atomic mass is 10.0. The molecule has 0 bridgehead atoms. The number of nitrogens with one attached hydrogen (secondary N) is 1. The molecular weight excluding hydrogens is 405 g/mol. The fraction of sp³-hybridized carbons (Fsp3) is 0.529. The second-order valence-electron chi connectivity index (χ2n) is 6.24. The van der Waals surface area contributed by atoms with Gasteiger partial charge < -0.3 is 34.4 Å². The normalized spacial score (nSPS) is 12.2. The first-order valence-corrected chi connectivity index (χ1v) is 7.85. The van der Waals surface area contributed by atoms with Crippen LogP contribution in [0.1, 0.15) is 26.7 Å². The summed E-state index contributed by atoms with van der Waals surface area (Å²) < 4.78 is 4.15. The molecule has 0 radical (unpaired) electrons. The van der Waals surface area contributed by atoms with E-state index in [1.165, 1.54) is 0 Å². The Labute approximate surface area is 154 Å². The van der Waals surface area contributed by atoms with Crippen molar-refractivity contribution in [1.82, 2.24) is 9.88 Å². The van der Waals surface area contributed by atoms with Crippen molar-refractivity contribution in [3.05, 3.63) is 30.6 Å². The van der Waals surface area contributed by atoms with Gasteiger partial charge in [-0.05, 0) is 24.5 Å². The van der Waals surface area contributed by atoms with Crippen molar-refractivity contribution in [2.75, 3.05) is 6.61 Å². The molecule has 0 saturated carbocycles. The Balaban J connectivity index is 0.00000264. The third-order valence-corrected chi connectivity index (χ3v) is 3.80. The number of hydrogen-bond acceptors (Lipinski definition) is 2. The minimum absolute atomic E-state index is 0. The van der Waals surface area contributed by atoms with Gasteiger partial charge >= 0.3 is 0 Å². The number of rotatable bonds is 7. The molecule has 2 aromatic rings. The second-order valence-corrected chi connectivity index (χ2v) is 6.24. The lowest BCUT2D eigenvalue weighted by Gasteiger charge is -2.17. The number of fused-ring (bicyclic) bond motifs is 1. The van der Waals surface area contributed by atoms with Crippen LogP contribution in [-0.4, -0.2) is 28.2 Å². The molecule has 1 heterocycles. The molecule has 2 rings (SSSR count). The second kappa shape index (κ2) is 9.22. The number of hydrogen-bond donors (Lipinski definition) is 2. The summed E-state index contributed by atoms with van der Waals surface area (Å²) in [6.07, 6.45) is 3.21. The van der Waals surface area contributed by atoms with Gasteiger partial charge in [-0.25, -0.2) is 9.13 Å². The van der Waals surface area contributed by atoms with Crippen LogP contribution in [0.3, 0.4) is 0 Å². The highest BCUT2D eigenvalue weighted by Gasteiger charge is 2.16. The number of nitrogens with zero attached hydrogens (tertiary/aromatic N) is 2. The average Bonchev–Trinajstić information content (AvgIpc) is 2.81. The Hall–Kier alpha value is -1.15. The lowest BCUT2D eigenvalue weighted by Crippen LogP contribution is -3.00. The van der Waals surface area contributed by atoms with Crippen molar-refractivity contribution in [3.63, 3.8) is 0 Å². The van der Waals surface area contributed by atoms with Crippen molar-refractivity contribution in [1.29, 1.82) is 0 Å². The molecule has 1 aromatic carbocycles. The highest BCUT2D eigenvalue weighted by Crippen LogP contribution is 2.11. The highest BCUT2D eigenvalue weighted by molar-refractivity contribution is 5.76. The maximum atomic E-state index is 12.1. The molecule has 23 heavy (non-hydrogen) atoms. The number of aliphatic hydroxyl groups is 1. The van der Waals surface area contributed by atoms with Crippen molar-refractivity contribution in [3.8, 4) is 0 Å². The molecule has 0 aliphatic heterocycles. The number of aryl methyl sites for hydroxylation is 2. The van der Waals surface area contributed by atoms with E-state index in [0.29, 0.717) is 18.9 Å². The molecule has 2 N–H and O–H groups in total. The SMILES string of the molecule is CC(C)C[C@@H](CO)NC(=O)CCn1c[n+](C)c2ccccc21.[I-]. The van der Waals surface area contributed by atoms with Crippen LogP contribution in [0.25, 0.3) is 11.0 Å². The van der Waals surface area contributed by atoms with Crippen molar-refractivity contribution >= 4 is 16.9 Å². The molecule has 1 aromatic heterocycles. The van der Waals surface area contributed by atoms with Crippen molar-refractivity contribution < 1.29 is 38.4 Å². The summed E-state index contributed by atoms with van der Waals surface area (Å²) >= 11 is 0. The minimum atomic E-state index is -0.148. The maximum absolute atomic E-state index is 12.1. The number of amides is 1. The van der Waals surface area contributed by atoms with Crippen LogP contribution in [0, 0.1) is 5.92 Å². The van der Waals surface area contributed by atoms with Crippen LogP contribution in [0.4, 0.5) is 0 Å². The molecule has 6 heteroatoms. The molecule has 0 aliphatic rings. The molecule has 0 unspecified atom stereocenters. The van der Waals surface area contributed by atoms with E-state index in [4.69, 9.17) is 0 Å². The molecule has 0 fully saturated rings. The van der Waals surface area contributed by atoms with Gasteiger partial charge in [-0.2, -0.15) is 0 Å². The minimum Gasteiger partial charge on any atom is -1.00 e. The van der Waals surface area contributed by atoms with Crippen molar-refractivity contribution in [2.45, 2.75) is 39.3 Å². The van der Waals surface area contributed by atoms with Gasteiger partial charge in [0.1, 0.15) is 0 Å². The molecule has 1 atom stereocenters. The number of para-hydroxylation sites is 2. The molecule has 5 nitrogen and oxygen atoms in total. The summed E-state index contributed by atoms with van der Waals surface area (Å²) in [5.74, 6) is 0.435. The number of carbonyl (C=O) groups is 1. The standard InChI is InChI=1S/C17H25N3O2.HI/c1-13(2)10-14(11-21)18-17(22)8-9-20-12-19(3)15-6-4-5-7-16(15)20;/h4-7,12-14,21H,8-11H2,1-3H3;1H/t14-;/m0./s1. The van der Waals surface area contributed by atoms with E-state index in [2.05, 4.69) is 40.4 Å². The number of aliphatic hydroxyl groups excluding tert-OH is 1. The summed E-state index contributed by atoms with van der Waals surface area (Å²) in [7, 11) is 2.00. The van der Waals surface area contributed by atoms with Crippen LogP contribution in [-0.2, 0) is 18.4 Å². The lowest BCUT2D eigenvalue weighted by molar-refractivity contribution is -0.645. The van der Waals surface area contributed by atoms with E-state index >= 15 is 0 Å². The van der Waals surface area contributed by atoms with E-state index in [1.807, 2.05) is 25.5 Å². The number of benzene rings is 1. The maximum Gasteiger partial charge on any atom is 0.244 e. The Morgan fingerprint density at radius 1 is 1.35 bits per heavy atom. The van der Waals surface area contributed by atoms with Gasteiger partial charge in [0.2, 0.25) is 12.2 Å². The smallest absolute Gasteiger partial charge is 0.244 e. The molecular formula is C17H26IN3O2. The first-order valence-electron chi connectivity index (χ1n) is 7.85. The first-order chi connectivity index (χ1) is 10.5. The van der Waals surface area contributed by atoms with E-state index in [-0.39, 0.29) is 42.5 Å². The van der Waals surface area contributed by atoms with E-state index < -0.39 is 0 Å². The van der Waals surface area contributed by atoms with Gasteiger partial charge in [0.05, 0.1) is 32.7 Å². The topological polar surface area (TPSA) is 58.1 Å². The van der Waals surface area contributed by atoms with Crippen LogP contribution < -0.4 is 33.9 Å². The summed E-state index contributed by atoms with van der Waals surface area (Å²) in [5, 5.41) is 12.2. The van der Waals surface area contributed by atoms with Gasteiger partial charge in [0.15, 0.2) is 11.0 Å². The molecule has 128 valence electrons. The third-order valence-electron chi connectivity index (χ3n) is 3.80. The Bertz CT molecular complexity index is 640. The zero-order chi connectivity index (χ0) is 16.1. The zero-order valence-corrected chi connectivity index (χ0v) is 16.2. The number of carbonyl (C=O) groups excluding carboxylic acids is 1. The monoisotopic (exact) mass is 431 g/mol. The summed E-state index contributed by atoms with van der Waals surface area (Å²) in [6.45, 7) is 4.79. The summed E-state index contributed by atoms with van der Waals surface area (Å²) in [4.78, 5) is 12.1. The number of imidazole rings is 1. The predicted octanol–water partition coefficient (Wildman–Crippen LogP) is -1.62. The van der Waals surface area contributed by atoms with Crippen LogP contribution in [0.2, 0.25) is 0 Å². The van der Waals surface area contributed by atoms with E-state index in [9.17, 15) is 9.90 Å². The quantitative estimate of drug-likeness (QED) is 0.409. The number of halogens is 1. The van der Waals surface area contributed by atoms with Crippen LogP contribution in [0.5, 0.6) is 0 Å². The largest absolute Gasteiger partial charge is 1.00 e. The molecule has 0 aliphatic carbocycles. The van der Waals surface area contributed by atoms with Crippen LogP contribution in [0.15, 0.2) is 30.6 Å². The van der Waals surface area contributed by atoms with E-state index in [1.54, 1.807) is 0 Å². The van der Waals surface area contributed by atoms with Gasteiger partial charge in [-0.3, -0.25) is 4.79 Å². The average molecular weight is 431 g/mol. The Morgan fingerprint density at radius 2 is 2.04 bits per heavy atom. The number of aromatic nitrogens is 2.